The van der Waals surface area contributed by atoms with E-state index >= 15 is 0 Å². The van der Waals surface area contributed by atoms with Crippen molar-refractivity contribution >= 4 is 11.6 Å². The summed E-state index contributed by atoms with van der Waals surface area (Å²) >= 11 is 6.25. The fourth-order valence-corrected chi connectivity index (χ4v) is 2.78. The van der Waals surface area contributed by atoms with Gasteiger partial charge in [0.15, 0.2) is 11.5 Å². The largest absolute Gasteiger partial charge is 0.492 e. The average Bonchev–Trinajstić information content (AvgIpc) is 2.36. The number of halogens is 1. The molecular formula is C15H24ClNO3. The van der Waals surface area contributed by atoms with Crippen molar-refractivity contribution in [1.29, 1.82) is 0 Å². The highest BCUT2D eigenvalue weighted by atomic mass is 35.5. The lowest BCUT2D eigenvalue weighted by Gasteiger charge is -2.20. The van der Waals surface area contributed by atoms with Crippen LogP contribution in [0.3, 0.4) is 0 Å². The summed E-state index contributed by atoms with van der Waals surface area (Å²) in [5.74, 6) is 2.13. The molecule has 0 aliphatic carbocycles. The molecular weight excluding hydrogens is 278 g/mol. The van der Waals surface area contributed by atoms with E-state index < -0.39 is 0 Å². The molecule has 2 N–H and O–H groups in total. The first-order valence-electron chi connectivity index (χ1n) is 6.67. The summed E-state index contributed by atoms with van der Waals surface area (Å²) in [5.41, 5.74) is 6.85. The third-order valence-corrected chi connectivity index (χ3v) is 3.46. The molecule has 0 aliphatic rings. The van der Waals surface area contributed by atoms with Crippen molar-refractivity contribution in [3.05, 3.63) is 16.7 Å². The van der Waals surface area contributed by atoms with Crippen molar-refractivity contribution in [2.24, 2.45) is 11.7 Å². The van der Waals surface area contributed by atoms with Crippen LogP contribution in [0.1, 0.15) is 25.8 Å². The molecule has 0 radical (unpaired) electrons. The summed E-state index contributed by atoms with van der Waals surface area (Å²) in [5, 5.41) is 0.521. The minimum atomic E-state index is 0.173. The van der Waals surface area contributed by atoms with Crippen LogP contribution in [0.15, 0.2) is 6.07 Å². The first-order valence-corrected chi connectivity index (χ1v) is 7.05. The normalized spacial score (nSPS) is 13.8. The van der Waals surface area contributed by atoms with Gasteiger partial charge in [0, 0.05) is 11.6 Å². The van der Waals surface area contributed by atoms with Gasteiger partial charge in [0.05, 0.1) is 26.4 Å². The molecule has 2 unspecified atom stereocenters. The third-order valence-electron chi connectivity index (χ3n) is 3.18. The second-order valence-electron chi connectivity index (χ2n) is 5.14. The SMILES string of the molecule is COc1c(Cl)cc(CC(C)CC(C)N)c(OC)c1OC. The molecule has 20 heavy (non-hydrogen) atoms. The Kier molecular flexibility index (Phi) is 6.43. The van der Waals surface area contributed by atoms with Gasteiger partial charge in [-0.1, -0.05) is 18.5 Å². The van der Waals surface area contributed by atoms with Crippen LogP contribution in [0.5, 0.6) is 17.2 Å². The van der Waals surface area contributed by atoms with E-state index in [1.807, 2.05) is 13.0 Å². The monoisotopic (exact) mass is 301 g/mol. The maximum atomic E-state index is 6.25. The second kappa shape index (κ2) is 7.60. The van der Waals surface area contributed by atoms with Crippen molar-refractivity contribution in [2.45, 2.75) is 32.7 Å². The van der Waals surface area contributed by atoms with Crippen molar-refractivity contribution in [3.63, 3.8) is 0 Å². The van der Waals surface area contributed by atoms with E-state index in [0.29, 0.717) is 28.2 Å². The molecule has 0 aliphatic heterocycles. The van der Waals surface area contributed by atoms with Gasteiger partial charge >= 0.3 is 0 Å². The van der Waals surface area contributed by atoms with Gasteiger partial charge in [-0.3, -0.25) is 0 Å². The Morgan fingerprint density at radius 2 is 1.60 bits per heavy atom. The summed E-state index contributed by atoms with van der Waals surface area (Å²) in [6.07, 6.45) is 1.76. The molecule has 0 heterocycles. The van der Waals surface area contributed by atoms with Gasteiger partial charge in [0.25, 0.3) is 0 Å². The summed E-state index contributed by atoms with van der Waals surface area (Å²) in [4.78, 5) is 0. The van der Waals surface area contributed by atoms with E-state index in [-0.39, 0.29) is 6.04 Å². The van der Waals surface area contributed by atoms with E-state index in [1.54, 1.807) is 21.3 Å². The van der Waals surface area contributed by atoms with E-state index in [2.05, 4.69) is 6.92 Å². The molecule has 0 bridgehead atoms. The van der Waals surface area contributed by atoms with Crippen LogP contribution in [-0.4, -0.2) is 27.4 Å². The molecule has 5 heteroatoms. The molecule has 0 saturated carbocycles. The predicted molar refractivity (Wildman–Crippen MR) is 82.2 cm³/mol. The van der Waals surface area contributed by atoms with Crippen LogP contribution in [0.4, 0.5) is 0 Å². The van der Waals surface area contributed by atoms with Crippen molar-refractivity contribution in [3.8, 4) is 17.2 Å². The number of ether oxygens (including phenoxy) is 3. The lowest BCUT2D eigenvalue weighted by atomic mass is 9.94. The maximum absolute atomic E-state index is 6.25. The first-order chi connectivity index (χ1) is 9.44. The summed E-state index contributed by atoms with van der Waals surface area (Å²) in [6.45, 7) is 4.17. The standard InChI is InChI=1S/C15H24ClNO3/c1-9(6-10(2)17)7-11-8-12(16)14(19-4)15(20-5)13(11)18-3/h8-10H,6-7,17H2,1-5H3. The van der Waals surface area contributed by atoms with Crippen LogP contribution in [0, 0.1) is 5.92 Å². The van der Waals surface area contributed by atoms with E-state index in [0.717, 1.165) is 18.4 Å². The third kappa shape index (κ3) is 3.93. The predicted octanol–water partition coefficient (Wildman–Crippen LogP) is 3.28. The van der Waals surface area contributed by atoms with Crippen LogP contribution in [0.2, 0.25) is 5.02 Å². The lowest BCUT2D eigenvalue weighted by Crippen LogP contribution is -2.19. The molecule has 0 saturated heterocycles. The van der Waals surface area contributed by atoms with E-state index in [1.165, 1.54) is 0 Å². The zero-order valence-corrected chi connectivity index (χ0v) is 13.6. The highest BCUT2D eigenvalue weighted by Crippen LogP contribution is 2.45. The smallest absolute Gasteiger partial charge is 0.205 e. The number of hydrogen-bond acceptors (Lipinski definition) is 4. The fraction of sp³-hybridized carbons (Fsp3) is 0.600. The van der Waals surface area contributed by atoms with Crippen LogP contribution < -0.4 is 19.9 Å². The van der Waals surface area contributed by atoms with Crippen LogP contribution >= 0.6 is 11.6 Å². The highest BCUT2D eigenvalue weighted by molar-refractivity contribution is 6.32. The summed E-state index contributed by atoms with van der Waals surface area (Å²) in [7, 11) is 4.75. The Morgan fingerprint density at radius 1 is 1.05 bits per heavy atom. The van der Waals surface area contributed by atoms with Gasteiger partial charge in [-0.05, 0) is 31.7 Å². The Labute approximate surface area is 126 Å². The Bertz CT molecular complexity index is 449. The number of hydrogen-bond donors (Lipinski definition) is 1. The lowest BCUT2D eigenvalue weighted by molar-refractivity contribution is 0.320. The number of benzene rings is 1. The van der Waals surface area contributed by atoms with Crippen molar-refractivity contribution in [2.75, 3.05) is 21.3 Å². The Hall–Kier alpha value is -1.13. The second-order valence-corrected chi connectivity index (χ2v) is 5.55. The molecule has 0 fully saturated rings. The zero-order chi connectivity index (χ0) is 15.3. The molecule has 114 valence electrons. The molecule has 1 aromatic carbocycles. The Balaban J connectivity index is 3.16. The van der Waals surface area contributed by atoms with Gasteiger partial charge < -0.3 is 19.9 Å². The van der Waals surface area contributed by atoms with E-state index in [4.69, 9.17) is 31.5 Å². The minimum absolute atomic E-state index is 0.173. The Morgan fingerprint density at radius 3 is 2.05 bits per heavy atom. The minimum Gasteiger partial charge on any atom is -0.492 e. The summed E-state index contributed by atoms with van der Waals surface area (Å²) in [6, 6.07) is 2.05. The van der Waals surface area contributed by atoms with Gasteiger partial charge in [-0.2, -0.15) is 0 Å². The van der Waals surface area contributed by atoms with Gasteiger partial charge in [-0.25, -0.2) is 0 Å². The first kappa shape index (κ1) is 16.9. The van der Waals surface area contributed by atoms with Crippen molar-refractivity contribution in [1.82, 2.24) is 0 Å². The molecule has 2 atom stereocenters. The van der Waals surface area contributed by atoms with E-state index in [9.17, 15) is 0 Å². The highest BCUT2D eigenvalue weighted by Gasteiger charge is 2.21. The zero-order valence-electron chi connectivity index (χ0n) is 12.8. The molecule has 0 aromatic heterocycles. The maximum Gasteiger partial charge on any atom is 0.205 e. The quantitative estimate of drug-likeness (QED) is 0.839. The van der Waals surface area contributed by atoms with Gasteiger partial charge in [-0.15, -0.1) is 0 Å². The van der Waals surface area contributed by atoms with Gasteiger partial charge in [0.1, 0.15) is 0 Å². The summed E-state index contributed by atoms with van der Waals surface area (Å²) < 4.78 is 16.1. The van der Waals surface area contributed by atoms with Crippen LogP contribution in [0.25, 0.3) is 0 Å². The molecule has 0 spiro atoms. The topological polar surface area (TPSA) is 53.7 Å². The average molecular weight is 302 g/mol. The fourth-order valence-electron chi connectivity index (χ4n) is 2.49. The molecule has 1 aromatic rings. The molecule has 1 rings (SSSR count). The van der Waals surface area contributed by atoms with Crippen molar-refractivity contribution < 1.29 is 14.2 Å². The number of rotatable bonds is 7. The van der Waals surface area contributed by atoms with Gasteiger partial charge in [0.2, 0.25) is 5.75 Å². The number of methoxy groups -OCH3 is 3. The molecule has 0 amide bonds. The molecule has 4 nitrogen and oxygen atoms in total. The number of nitrogens with two attached hydrogens (primary N) is 1. The van der Waals surface area contributed by atoms with Crippen LogP contribution in [-0.2, 0) is 6.42 Å².